The van der Waals surface area contributed by atoms with Crippen LogP contribution >= 0.6 is 15.9 Å². The highest BCUT2D eigenvalue weighted by Gasteiger charge is 2.30. The van der Waals surface area contributed by atoms with Crippen LogP contribution in [0.1, 0.15) is 12.8 Å². The van der Waals surface area contributed by atoms with Gasteiger partial charge < -0.3 is 10.1 Å². The van der Waals surface area contributed by atoms with Crippen molar-refractivity contribution in [2.75, 3.05) is 27.2 Å². The van der Waals surface area contributed by atoms with Crippen molar-refractivity contribution in [2.24, 2.45) is 0 Å². The van der Waals surface area contributed by atoms with Gasteiger partial charge in [-0.05, 0) is 48.0 Å². The Bertz CT molecular complexity index is 577. The molecule has 1 N–H and O–H groups in total. The van der Waals surface area contributed by atoms with E-state index in [4.69, 9.17) is 4.74 Å². The minimum absolute atomic E-state index is 0.218. The number of nitrogens with one attached hydrogen (secondary N) is 1. The molecule has 0 saturated carbocycles. The summed E-state index contributed by atoms with van der Waals surface area (Å²) in [7, 11) is -0.0751. The van der Waals surface area contributed by atoms with Gasteiger partial charge in [-0.1, -0.05) is 0 Å². The normalized spacial score (nSPS) is 20.9. The van der Waals surface area contributed by atoms with Gasteiger partial charge in [0.1, 0.15) is 5.75 Å². The number of likely N-dealkylation sites (N-methyl/N-ethyl adjacent to an activating group) is 1. The Morgan fingerprint density at radius 2 is 2.20 bits per heavy atom. The zero-order valence-electron chi connectivity index (χ0n) is 11.6. The number of rotatable bonds is 4. The molecule has 0 radical (unpaired) electrons. The van der Waals surface area contributed by atoms with Crippen LogP contribution in [-0.2, 0) is 10.0 Å². The Balaban J connectivity index is 2.30. The fourth-order valence-corrected chi connectivity index (χ4v) is 4.29. The smallest absolute Gasteiger partial charge is 0.243 e. The maximum absolute atomic E-state index is 12.7. The topological polar surface area (TPSA) is 58.6 Å². The summed E-state index contributed by atoms with van der Waals surface area (Å²) in [5.74, 6) is 0.522. The van der Waals surface area contributed by atoms with Crippen LogP contribution in [0.3, 0.4) is 0 Å². The lowest BCUT2D eigenvalue weighted by Gasteiger charge is -2.31. The summed E-state index contributed by atoms with van der Waals surface area (Å²) in [6.45, 7) is 1.08. The van der Waals surface area contributed by atoms with E-state index in [9.17, 15) is 8.42 Å². The average molecular weight is 363 g/mol. The number of sulfonamides is 1. The highest BCUT2D eigenvalue weighted by Crippen LogP contribution is 2.29. The van der Waals surface area contributed by atoms with E-state index >= 15 is 0 Å². The molecule has 1 unspecified atom stereocenters. The van der Waals surface area contributed by atoms with E-state index in [2.05, 4.69) is 21.2 Å². The lowest BCUT2D eigenvalue weighted by atomic mass is 10.1. The minimum atomic E-state index is -3.46. The van der Waals surface area contributed by atoms with Crippen LogP contribution in [0.25, 0.3) is 0 Å². The molecule has 0 bridgehead atoms. The van der Waals surface area contributed by atoms with Gasteiger partial charge in [0.25, 0.3) is 0 Å². The number of piperidine rings is 1. The van der Waals surface area contributed by atoms with Gasteiger partial charge in [-0.2, -0.15) is 4.31 Å². The number of hydrogen-bond donors (Lipinski definition) is 1. The van der Waals surface area contributed by atoms with E-state index in [1.807, 2.05) is 7.05 Å². The van der Waals surface area contributed by atoms with Gasteiger partial charge in [-0.25, -0.2) is 8.42 Å². The molecule has 0 amide bonds. The van der Waals surface area contributed by atoms with Gasteiger partial charge in [-0.3, -0.25) is 0 Å². The number of nitrogens with zero attached hydrogens (tertiary/aromatic N) is 1. The van der Waals surface area contributed by atoms with E-state index in [1.54, 1.807) is 22.5 Å². The molecule has 1 aromatic rings. The molecule has 5 nitrogen and oxygen atoms in total. The van der Waals surface area contributed by atoms with Crippen molar-refractivity contribution < 1.29 is 13.2 Å². The molecule has 1 heterocycles. The van der Waals surface area contributed by atoms with Gasteiger partial charge >= 0.3 is 0 Å². The SMILES string of the molecule is CNC1CCCN(S(=O)(=O)c2ccc(Br)c(OC)c2)C1. The molecule has 20 heavy (non-hydrogen) atoms. The first kappa shape index (κ1) is 15.8. The van der Waals surface area contributed by atoms with Gasteiger partial charge in [0.2, 0.25) is 10.0 Å². The maximum atomic E-state index is 12.7. The molecule has 0 spiro atoms. The summed E-state index contributed by atoms with van der Waals surface area (Å²) in [5, 5.41) is 3.15. The molecule has 112 valence electrons. The molecule has 1 aromatic carbocycles. The summed E-state index contributed by atoms with van der Waals surface area (Å²) in [6.07, 6.45) is 1.88. The van der Waals surface area contributed by atoms with E-state index in [0.717, 1.165) is 17.3 Å². The van der Waals surface area contributed by atoms with E-state index in [0.29, 0.717) is 18.8 Å². The second-order valence-corrected chi connectivity index (χ2v) is 7.58. The lowest BCUT2D eigenvalue weighted by molar-refractivity contribution is 0.292. The standard InChI is InChI=1S/C13H19BrN2O3S/c1-15-10-4-3-7-16(9-10)20(17,18)11-5-6-12(14)13(8-11)19-2/h5-6,8,10,15H,3-4,7,9H2,1-2H3. The van der Waals surface area contributed by atoms with Crippen LogP contribution in [0.15, 0.2) is 27.6 Å². The Morgan fingerprint density at radius 1 is 1.45 bits per heavy atom. The number of ether oxygens (including phenoxy) is 1. The molecule has 1 atom stereocenters. The maximum Gasteiger partial charge on any atom is 0.243 e. The predicted octanol–water partition coefficient (Wildman–Crippen LogP) is 1.83. The number of benzene rings is 1. The van der Waals surface area contributed by atoms with Gasteiger partial charge in [0.15, 0.2) is 0 Å². The number of halogens is 1. The summed E-state index contributed by atoms with van der Waals surface area (Å²) in [6, 6.07) is 5.08. The van der Waals surface area contributed by atoms with Gasteiger partial charge in [-0.15, -0.1) is 0 Å². The van der Waals surface area contributed by atoms with Crippen molar-refractivity contribution in [3.05, 3.63) is 22.7 Å². The third-order valence-electron chi connectivity index (χ3n) is 3.55. The highest BCUT2D eigenvalue weighted by atomic mass is 79.9. The van der Waals surface area contributed by atoms with Gasteiger partial charge in [0, 0.05) is 25.2 Å². The van der Waals surface area contributed by atoms with Gasteiger partial charge in [0.05, 0.1) is 16.5 Å². The summed E-state index contributed by atoms with van der Waals surface area (Å²) < 4.78 is 32.8. The Kier molecular flexibility index (Phi) is 5.06. The van der Waals surface area contributed by atoms with Crippen molar-refractivity contribution in [2.45, 2.75) is 23.8 Å². The van der Waals surface area contributed by atoms with E-state index in [1.165, 1.54) is 7.11 Å². The predicted molar refractivity (Wildman–Crippen MR) is 81.5 cm³/mol. The highest BCUT2D eigenvalue weighted by molar-refractivity contribution is 9.10. The lowest BCUT2D eigenvalue weighted by Crippen LogP contribution is -2.46. The molecular formula is C13H19BrN2O3S. The second kappa shape index (κ2) is 6.43. The molecule has 1 aliphatic rings. The first-order valence-corrected chi connectivity index (χ1v) is 8.73. The van der Waals surface area contributed by atoms with E-state index in [-0.39, 0.29) is 10.9 Å². The number of hydrogen-bond acceptors (Lipinski definition) is 4. The molecule has 2 rings (SSSR count). The second-order valence-electron chi connectivity index (χ2n) is 4.79. The fourth-order valence-electron chi connectivity index (χ4n) is 2.35. The van der Waals surface area contributed by atoms with Crippen LogP contribution in [0, 0.1) is 0 Å². The Morgan fingerprint density at radius 3 is 2.85 bits per heavy atom. The van der Waals surface area contributed by atoms with Crippen molar-refractivity contribution in [3.63, 3.8) is 0 Å². The van der Waals surface area contributed by atoms with Crippen LogP contribution in [0.5, 0.6) is 5.75 Å². The first-order valence-electron chi connectivity index (χ1n) is 6.50. The number of methoxy groups -OCH3 is 1. The van der Waals surface area contributed by atoms with Crippen molar-refractivity contribution >= 4 is 26.0 Å². The minimum Gasteiger partial charge on any atom is -0.496 e. The van der Waals surface area contributed by atoms with Crippen molar-refractivity contribution in [1.82, 2.24) is 9.62 Å². The molecule has 1 aliphatic heterocycles. The Hall–Kier alpha value is -0.630. The average Bonchev–Trinajstić information content (AvgIpc) is 2.47. The molecule has 1 fully saturated rings. The molecule has 0 aromatic heterocycles. The third-order valence-corrected chi connectivity index (χ3v) is 6.07. The zero-order chi connectivity index (χ0) is 14.8. The quantitative estimate of drug-likeness (QED) is 0.887. The zero-order valence-corrected chi connectivity index (χ0v) is 14.0. The van der Waals surface area contributed by atoms with Crippen LogP contribution in [0.2, 0.25) is 0 Å². The third kappa shape index (κ3) is 3.16. The first-order chi connectivity index (χ1) is 9.48. The van der Waals surface area contributed by atoms with E-state index < -0.39 is 10.0 Å². The monoisotopic (exact) mass is 362 g/mol. The summed E-state index contributed by atoms with van der Waals surface area (Å²) >= 11 is 3.33. The molecular weight excluding hydrogens is 344 g/mol. The van der Waals surface area contributed by atoms with Crippen molar-refractivity contribution in [1.29, 1.82) is 0 Å². The largest absolute Gasteiger partial charge is 0.496 e. The Labute approximate surface area is 128 Å². The van der Waals surface area contributed by atoms with Crippen molar-refractivity contribution in [3.8, 4) is 5.75 Å². The summed E-state index contributed by atoms with van der Waals surface area (Å²) in [4.78, 5) is 0.273. The molecule has 1 saturated heterocycles. The fraction of sp³-hybridized carbons (Fsp3) is 0.538. The molecule has 7 heteroatoms. The summed E-state index contributed by atoms with van der Waals surface area (Å²) in [5.41, 5.74) is 0. The van der Waals surface area contributed by atoms with Crippen LogP contribution in [0.4, 0.5) is 0 Å². The molecule has 0 aliphatic carbocycles. The van der Waals surface area contributed by atoms with Crippen LogP contribution in [-0.4, -0.2) is 46.0 Å². The van der Waals surface area contributed by atoms with Crippen LogP contribution < -0.4 is 10.1 Å².